The highest BCUT2D eigenvalue weighted by atomic mass is 16.5. The molecule has 2 aromatic rings. The average Bonchev–Trinajstić information content (AvgIpc) is 2.40. The van der Waals surface area contributed by atoms with Gasteiger partial charge in [-0.15, -0.1) is 0 Å². The minimum Gasteiger partial charge on any atom is -0.484 e. The Hall–Kier alpha value is -2.36. The smallest absolute Gasteiger partial charge is 0.149 e. The standard InChI is InChI=1S/C14H15N3O/c1-10(11-6-3-2-4-7-11)18-12-8-5-9-17-13(12)14(15)16/h2-10H,1H3,(H3,15,16). The second-order valence-electron chi connectivity index (χ2n) is 3.93. The fourth-order valence-electron chi connectivity index (χ4n) is 1.67. The summed E-state index contributed by atoms with van der Waals surface area (Å²) in [7, 11) is 0. The zero-order chi connectivity index (χ0) is 13.0. The van der Waals surface area contributed by atoms with E-state index in [9.17, 15) is 0 Å². The van der Waals surface area contributed by atoms with Gasteiger partial charge in [-0.3, -0.25) is 5.41 Å². The molecule has 1 unspecified atom stereocenters. The molecule has 0 saturated heterocycles. The van der Waals surface area contributed by atoms with Crippen LogP contribution in [0.25, 0.3) is 0 Å². The highest BCUT2D eigenvalue weighted by Gasteiger charge is 2.12. The molecule has 0 radical (unpaired) electrons. The van der Waals surface area contributed by atoms with Crippen molar-refractivity contribution in [2.45, 2.75) is 13.0 Å². The maximum Gasteiger partial charge on any atom is 0.149 e. The van der Waals surface area contributed by atoms with Crippen LogP contribution in [0.5, 0.6) is 5.75 Å². The van der Waals surface area contributed by atoms with Gasteiger partial charge in [-0.2, -0.15) is 0 Å². The summed E-state index contributed by atoms with van der Waals surface area (Å²) in [5.41, 5.74) is 6.91. The van der Waals surface area contributed by atoms with Crippen LogP contribution in [0.1, 0.15) is 24.3 Å². The molecule has 1 atom stereocenters. The Morgan fingerprint density at radius 2 is 1.94 bits per heavy atom. The SMILES string of the molecule is CC(Oc1cccnc1C(=N)N)c1ccccc1. The van der Waals surface area contributed by atoms with Crippen molar-refractivity contribution in [1.82, 2.24) is 4.98 Å². The van der Waals surface area contributed by atoms with E-state index >= 15 is 0 Å². The zero-order valence-electron chi connectivity index (χ0n) is 10.1. The Bertz CT molecular complexity index is 540. The first kappa shape index (κ1) is 12.1. The lowest BCUT2D eigenvalue weighted by molar-refractivity contribution is 0.225. The molecule has 0 saturated carbocycles. The molecule has 4 heteroatoms. The number of nitrogens with two attached hydrogens (primary N) is 1. The number of hydrogen-bond acceptors (Lipinski definition) is 3. The molecule has 0 amide bonds. The van der Waals surface area contributed by atoms with Gasteiger partial charge in [0.1, 0.15) is 23.4 Å². The first-order valence-electron chi connectivity index (χ1n) is 5.69. The monoisotopic (exact) mass is 241 g/mol. The van der Waals surface area contributed by atoms with Crippen molar-refractivity contribution in [2.24, 2.45) is 5.73 Å². The van der Waals surface area contributed by atoms with Crippen LogP contribution in [0, 0.1) is 5.41 Å². The fraction of sp³-hybridized carbons (Fsp3) is 0.143. The lowest BCUT2D eigenvalue weighted by Crippen LogP contribution is -2.16. The lowest BCUT2D eigenvalue weighted by atomic mass is 10.1. The Labute approximate surface area is 106 Å². The van der Waals surface area contributed by atoms with Gasteiger partial charge in [-0.1, -0.05) is 30.3 Å². The molecule has 2 rings (SSSR count). The van der Waals surface area contributed by atoms with Crippen molar-refractivity contribution in [3.05, 3.63) is 59.9 Å². The van der Waals surface area contributed by atoms with Gasteiger partial charge in [-0.05, 0) is 24.6 Å². The van der Waals surface area contributed by atoms with Crippen LogP contribution in [0.2, 0.25) is 0 Å². The van der Waals surface area contributed by atoms with Crippen molar-refractivity contribution in [2.75, 3.05) is 0 Å². The molecule has 0 bridgehead atoms. The summed E-state index contributed by atoms with van der Waals surface area (Å²) < 4.78 is 5.81. The lowest BCUT2D eigenvalue weighted by Gasteiger charge is -2.16. The molecule has 0 aliphatic rings. The summed E-state index contributed by atoms with van der Waals surface area (Å²) in [5.74, 6) is 0.437. The van der Waals surface area contributed by atoms with Crippen molar-refractivity contribution in [3.63, 3.8) is 0 Å². The van der Waals surface area contributed by atoms with E-state index in [0.717, 1.165) is 5.56 Å². The highest BCUT2D eigenvalue weighted by molar-refractivity contribution is 5.95. The third kappa shape index (κ3) is 2.66. The number of nitrogen functional groups attached to an aromatic ring is 1. The maximum atomic E-state index is 7.46. The van der Waals surface area contributed by atoms with Gasteiger partial charge in [0.25, 0.3) is 0 Å². The van der Waals surface area contributed by atoms with E-state index in [1.165, 1.54) is 0 Å². The summed E-state index contributed by atoms with van der Waals surface area (Å²) in [6.07, 6.45) is 1.48. The van der Waals surface area contributed by atoms with Crippen molar-refractivity contribution < 1.29 is 4.74 Å². The molecule has 1 heterocycles. The summed E-state index contributed by atoms with van der Waals surface area (Å²) in [4.78, 5) is 4.05. The maximum absolute atomic E-state index is 7.46. The van der Waals surface area contributed by atoms with Gasteiger partial charge >= 0.3 is 0 Å². The Kier molecular flexibility index (Phi) is 3.57. The molecule has 4 nitrogen and oxygen atoms in total. The normalized spacial score (nSPS) is 11.8. The minimum atomic E-state index is -0.117. The van der Waals surface area contributed by atoms with Crippen LogP contribution in [-0.2, 0) is 0 Å². The first-order chi connectivity index (χ1) is 8.68. The van der Waals surface area contributed by atoms with Gasteiger partial charge in [0.05, 0.1) is 0 Å². The summed E-state index contributed by atoms with van der Waals surface area (Å²) >= 11 is 0. The van der Waals surface area contributed by atoms with E-state index in [1.807, 2.05) is 37.3 Å². The summed E-state index contributed by atoms with van der Waals surface area (Å²) in [6.45, 7) is 1.95. The number of benzene rings is 1. The molecule has 1 aromatic carbocycles. The van der Waals surface area contributed by atoms with E-state index in [1.54, 1.807) is 18.3 Å². The fourth-order valence-corrected chi connectivity index (χ4v) is 1.67. The third-order valence-electron chi connectivity index (χ3n) is 2.60. The number of nitrogens with one attached hydrogen (secondary N) is 1. The average molecular weight is 241 g/mol. The van der Waals surface area contributed by atoms with Crippen LogP contribution in [0.15, 0.2) is 48.7 Å². The predicted molar refractivity (Wildman–Crippen MR) is 70.7 cm³/mol. The van der Waals surface area contributed by atoms with E-state index < -0.39 is 0 Å². The quantitative estimate of drug-likeness (QED) is 0.638. The predicted octanol–water partition coefficient (Wildman–Crippen LogP) is 2.51. The Morgan fingerprint density at radius 3 is 2.61 bits per heavy atom. The second-order valence-corrected chi connectivity index (χ2v) is 3.93. The van der Waals surface area contributed by atoms with Gasteiger partial charge < -0.3 is 10.5 Å². The number of amidine groups is 1. The summed E-state index contributed by atoms with van der Waals surface area (Å²) in [6, 6.07) is 13.4. The Morgan fingerprint density at radius 1 is 1.22 bits per heavy atom. The van der Waals surface area contributed by atoms with Crippen LogP contribution >= 0.6 is 0 Å². The largest absolute Gasteiger partial charge is 0.484 e. The van der Waals surface area contributed by atoms with E-state index in [2.05, 4.69) is 4.98 Å². The Balaban J connectivity index is 2.22. The van der Waals surface area contributed by atoms with E-state index in [-0.39, 0.29) is 11.9 Å². The number of ether oxygens (including phenoxy) is 1. The molecule has 0 fully saturated rings. The third-order valence-corrected chi connectivity index (χ3v) is 2.60. The molecular formula is C14H15N3O. The molecule has 0 aliphatic carbocycles. The minimum absolute atomic E-state index is 0.0918. The van der Waals surface area contributed by atoms with E-state index in [4.69, 9.17) is 15.9 Å². The van der Waals surface area contributed by atoms with Crippen LogP contribution in [0.4, 0.5) is 0 Å². The molecule has 18 heavy (non-hydrogen) atoms. The van der Waals surface area contributed by atoms with Crippen molar-refractivity contribution >= 4 is 5.84 Å². The molecule has 3 N–H and O–H groups in total. The highest BCUT2D eigenvalue weighted by Crippen LogP contribution is 2.23. The first-order valence-corrected chi connectivity index (χ1v) is 5.69. The summed E-state index contributed by atoms with van der Waals surface area (Å²) in [5, 5.41) is 7.46. The zero-order valence-corrected chi connectivity index (χ0v) is 10.1. The number of rotatable bonds is 4. The van der Waals surface area contributed by atoms with Gasteiger partial charge in [-0.25, -0.2) is 4.98 Å². The van der Waals surface area contributed by atoms with Crippen molar-refractivity contribution in [1.29, 1.82) is 5.41 Å². The van der Waals surface area contributed by atoms with Crippen LogP contribution < -0.4 is 10.5 Å². The number of nitrogens with zero attached hydrogens (tertiary/aromatic N) is 1. The molecule has 0 spiro atoms. The van der Waals surface area contributed by atoms with Gasteiger partial charge in [0.15, 0.2) is 0 Å². The topological polar surface area (TPSA) is 72.0 Å². The number of hydrogen-bond donors (Lipinski definition) is 2. The molecular weight excluding hydrogens is 226 g/mol. The number of pyridine rings is 1. The van der Waals surface area contributed by atoms with Crippen LogP contribution in [-0.4, -0.2) is 10.8 Å². The van der Waals surface area contributed by atoms with Gasteiger partial charge in [0, 0.05) is 6.20 Å². The molecule has 0 aliphatic heterocycles. The molecule has 1 aromatic heterocycles. The van der Waals surface area contributed by atoms with Crippen molar-refractivity contribution in [3.8, 4) is 5.75 Å². The van der Waals surface area contributed by atoms with E-state index in [0.29, 0.717) is 11.4 Å². The van der Waals surface area contributed by atoms with Gasteiger partial charge in [0.2, 0.25) is 0 Å². The number of aromatic nitrogens is 1. The van der Waals surface area contributed by atoms with Crippen LogP contribution in [0.3, 0.4) is 0 Å². The molecule has 92 valence electrons. The second kappa shape index (κ2) is 5.31.